The van der Waals surface area contributed by atoms with Crippen molar-refractivity contribution < 1.29 is 9.13 Å². The topological polar surface area (TPSA) is 61.0 Å². The molecule has 0 atom stereocenters. The van der Waals surface area contributed by atoms with Gasteiger partial charge in [0.15, 0.2) is 11.8 Å². The standard InChI is InChI=1S/C25H22FN3O2/c1-25(2,3)28(31)16-17-8-4-5-9-20(17)23-21-10-6-7-11-22(21)24(30)29(27-23)19-14-12-18(26)13-15-19/h4-16H,1-3H3. The van der Waals surface area contributed by atoms with Gasteiger partial charge in [0.1, 0.15) is 11.5 Å². The summed E-state index contributed by atoms with van der Waals surface area (Å²) in [6.45, 7) is 5.50. The van der Waals surface area contributed by atoms with Gasteiger partial charge in [0.05, 0.1) is 11.1 Å². The van der Waals surface area contributed by atoms with Crippen molar-refractivity contribution in [1.82, 2.24) is 9.78 Å². The molecule has 0 unspecified atom stereocenters. The zero-order valence-electron chi connectivity index (χ0n) is 17.5. The van der Waals surface area contributed by atoms with E-state index in [-0.39, 0.29) is 5.56 Å². The number of hydrogen-bond donors (Lipinski definition) is 0. The van der Waals surface area contributed by atoms with Crippen molar-refractivity contribution in [1.29, 1.82) is 0 Å². The second-order valence-electron chi connectivity index (χ2n) is 8.30. The average molecular weight is 415 g/mol. The van der Waals surface area contributed by atoms with E-state index in [9.17, 15) is 14.4 Å². The molecule has 1 aromatic heterocycles. The molecule has 156 valence electrons. The molecule has 5 nitrogen and oxygen atoms in total. The van der Waals surface area contributed by atoms with E-state index in [0.717, 1.165) is 10.3 Å². The molecule has 0 saturated carbocycles. The second kappa shape index (κ2) is 7.80. The highest BCUT2D eigenvalue weighted by atomic mass is 19.1. The van der Waals surface area contributed by atoms with Gasteiger partial charge in [-0.05, 0) is 36.4 Å². The molecular weight excluding hydrogens is 393 g/mol. The van der Waals surface area contributed by atoms with Gasteiger partial charge >= 0.3 is 0 Å². The normalized spacial score (nSPS) is 12.3. The molecule has 1 heterocycles. The maximum absolute atomic E-state index is 13.4. The van der Waals surface area contributed by atoms with Crippen LogP contribution in [0.25, 0.3) is 27.7 Å². The van der Waals surface area contributed by atoms with Crippen molar-refractivity contribution in [3.63, 3.8) is 0 Å². The van der Waals surface area contributed by atoms with Crippen molar-refractivity contribution >= 4 is 17.0 Å². The fraction of sp³-hybridized carbons (Fsp3) is 0.160. The first-order valence-electron chi connectivity index (χ1n) is 9.94. The fourth-order valence-corrected chi connectivity index (χ4v) is 3.29. The Balaban J connectivity index is 2.03. The van der Waals surface area contributed by atoms with E-state index in [4.69, 9.17) is 0 Å². The van der Waals surface area contributed by atoms with Crippen LogP contribution in [0.1, 0.15) is 26.3 Å². The number of rotatable bonds is 3. The zero-order valence-corrected chi connectivity index (χ0v) is 17.5. The lowest BCUT2D eigenvalue weighted by Gasteiger charge is -2.19. The lowest BCUT2D eigenvalue weighted by atomic mass is 10.00. The summed E-state index contributed by atoms with van der Waals surface area (Å²) in [6, 6.07) is 20.2. The van der Waals surface area contributed by atoms with Crippen LogP contribution in [0.3, 0.4) is 0 Å². The van der Waals surface area contributed by atoms with Gasteiger partial charge in [0.2, 0.25) is 0 Å². The van der Waals surface area contributed by atoms with E-state index in [1.165, 1.54) is 28.9 Å². The molecule has 0 aliphatic carbocycles. The Morgan fingerprint density at radius 3 is 2.23 bits per heavy atom. The van der Waals surface area contributed by atoms with E-state index >= 15 is 0 Å². The van der Waals surface area contributed by atoms with Crippen LogP contribution in [0, 0.1) is 11.0 Å². The minimum Gasteiger partial charge on any atom is -0.623 e. The number of benzene rings is 3. The van der Waals surface area contributed by atoms with Gasteiger partial charge in [-0.15, -0.1) is 0 Å². The third-order valence-electron chi connectivity index (χ3n) is 5.01. The summed E-state index contributed by atoms with van der Waals surface area (Å²) in [7, 11) is 0. The van der Waals surface area contributed by atoms with Crippen LogP contribution in [0.2, 0.25) is 0 Å². The molecule has 0 aliphatic rings. The van der Waals surface area contributed by atoms with Crippen LogP contribution in [0.15, 0.2) is 77.6 Å². The first-order chi connectivity index (χ1) is 14.8. The third kappa shape index (κ3) is 3.97. The fourth-order valence-electron chi connectivity index (χ4n) is 3.29. The minimum absolute atomic E-state index is 0.299. The molecule has 0 radical (unpaired) electrons. The first-order valence-corrected chi connectivity index (χ1v) is 9.94. The van der Waals surface area contributed by atoms with Gasteiger partial charge < -0.3 is 5.21 Å². The molecule has 4 rings (SSSR count). The summed E-state index contributed by atoms with van der Waals surface area (Å²) in [5.74, 6) is -0.393. The Kier molecular flexibility index (Phi) is 5.15. The largest absolute Gasteiger partial charge is 0.623 e. The van der Waals surface area contributed by atoms with Gasteiger partial charge in [-0.25, -0.2) is 9.13 Å². The number of nitrogens with zero attached hydrogens (tertiary/aromatic N) is 3. The third-order valence-corrected chi connectivity index (χ3v) is 5.01. The van der Waals surface area contributed by atoms with Crippen LogP contribution in [-0.4, -0.2) is 26.3 Å². The van der Waals surface area contributed by atoms with Crippen molar-refractivity contribution in [2.24, 2.45) is 0 Å². The average Bonchev–Trinajstić information content (AvgIpc) is 2.75. The molecule has 0 saturated heterocycles. The molecule has 0 bridgehead atoms. The van der Waals surface area contributed by atoms with Gasteiger partial charge in [0.25, 0.3) is 5.56 Å². The van der Waals surface area contributed by atoms with E-state index in [0.29, 0.717) is 27.7 Å². The monoisotopic (exact) mass is 415 g/mol. The summed E-state index contributed by atoms with van der Waals surface area (Å²) in [6.07, 6.45) is 1.54. The minimum atomic E-state index is -0.602. The first kappa shape index (κ1) is 20.5. The summed E-state index contributed by atoms with van der Waals surface area (Å²) >= 11 is 0. The molecule has 0 spiro atoms. The van der Waals surface area contributed by atoms with E-state index < -0.39 is 11.4 Å². The van der Waals surface area contributed by atoms with E-state index in [1.807, 2.05) is 57.2 Å². The second-order valence-corrected chi connectivity index (χ2v) is 8.30. The van der Waals surface area contributed by atoms with Crippen molar-refractivity contribution in [3.05, 3.63) is 99.7 Å². The number of hydrogen-bond acceptors (Lipinski definition) is 3. The molecule has 6 heteroatoms. The van der Waals surface area contributed by atoms with Gasteiger partial charge in [-0.1, -0.05) is 36.4 Å². The maximum atomic E-state index is 13.4. The Hall–Kier alpha value is -3.80. The Morgan fingerprint density at radius 1 is 0.935 bits per heavy atom. The number of aromatic nitrogens is 2. The summed E-state index contributed by atoms with van der Waals surface area (Å²) in [5, 5.41) is 18.4. The predicted octanol–water partition coefficient (Wildman–Crippen LogP) is 4.92. The van der Waals surface area contributed by atoms with Crippen LogP contribution in [-0.2, 0) is 0 Å². The van der Waals surface area contributed by atoms with Crippen LogP contribution in [0.4, 0.5) is 4.39 Å². The SMILES string of the molecule is CC(C)(C)[N+]([O-])=Cc1ccccc1-c1nn(-c2ccc(F)cc2)c(=O)c2ccccc12. The molecule has 31 heavy (non-hydrogen) atoms. The highest BCUT2D eigenvalue weighted by molar-refractivity contribution is 5.98. The van der Waals surface area contributed by atoms with Crippen molar-refractivity contribution in [2.45, 2.75) is 26.3 Å². The van der Waals surface area contributed by atoms with Crippen LogP contribution >= 0.6 is 0 Å². The molecule has 0 amide bonds. The summed E-state index contributed by atoms with van der Waals surface area (Å²) in [4.78, 5) is 13.1. The molecular formula is C25H22FN3O2. The highest BCUT2D eigenvalue weighted by Crippen LogP contribution is 2.28. The molecule has 0 fully saturated rings. The lowest BCUT2D eigenvalue weighted by Crippen LogP contribution is -2.29. The molecule has 0 aliphatic heterocycles. The van der Waals surface area contributed by atoms with E-state index in [1.54, 1.807) is 18.3 Å². The van der Waals surface area contributed by atoms with Crippen LogP contribution in [0.5, 0.6) is 0 Å². The highest BCUT2D eigenvalue weighted by Gasteiger charge is 2.20. The predicted molar refractivity (Wildman–Crippen MR) is 121 cm³/mol. The quantitative estimate of drug-likeness (QED) is 0.207. The molecule has 0 N–H and O–H groups in total. The Morgan fingerprint density at radius 2 is 1.55 bits per heavy atom. The zero-order chi connectivity index (χ0) is 22.2. The number of fused-ring (bicyclic) bond motifs is 1. The van der Waals surface area contributed by atoms with Crippen LogP contribution < -0.4 is 5.56 Å². The van der Waals surface area contributed by atoms with Gasteiger partial charge in [0, 0.05) is 37.3 Å². The van der Waals surface area contributed by atoms with Crippen molar-refractivity contribution in [2.75, 3.05) is 0 Å². The summed E-state index contributed by atoms with van der Waals surface area (Å²) in [5.41, 5.74) is 1.53. The van der Waals surface area contributed by atoms with Gasteiger partial charge in [-0.2, -0.15) is 9.78 Å². The molecule has 3 aromatic carbocycles. The Labute approximate surface area is 179 Å². The van der Waals surface area contributed by atoms with E-state index in [2.05, 4.69) is 5.10 Å². The Bertz CT molecular complexity index is 1350. The molecule has 4 aromatic rings. The summed E-state index contributed by atoms with van der Waals surface area (Å²) < 4.78 is 15.6. The van der Waals surface area contributed by atoms with Crippen molar-refractivity contribution in [3.8, 4) is 16.9 Å². The number of hydroxylamine groups is 1. The smallest absolute Gasteiger partial charge is 0.279 e. The van der Waals surface area contributed by atoms with Gasteiger partial charge in [-0.3, -0.25) is 4.79 Å². The number of halogens is 1. The lowest BCUT2D eigenvalue weighted by molar-refractivity contribution is -0.530. The maximum Gasteiger partial charge on any atom is 0.279 e.